The number of hydrogen-bond acceptors (Lipinski definition) is 6. The van der Waals surface area contributed by atoms with Crippen LogP contribution in [-0.2, 0) is 19.0 Å². The second kappa shape index (κ2) is 11.5. The normalized spacial score (nSPS) is 25.7. The molecule has 0 aromatic carbocycles. The van der Waals surface area contributed by atoms with Crippen molar-refractivity contribution in [1.82, 2.24) is 15.1 Å². The van der Waals surface area contributed by atoms with Crippen LogP contribution in [0.4, 0.5) is 9.59 Å². The predicted molar refractivity (Wildman–Crippen MR) is 114 cm³/mol. The van der Waals surface area contributed by atoms with E-state index in [0.717, 1.165) is 71.1 Å². The molecule has 3 amide bonds. The first kappa shape index (κ1) is 23.6. The van der Waals surface area contributed by atoms with Crippen LogP contribution in [0.15, 0.2) is 0 Å². The Morgan fingerprint density at radius 2 is 1.42 bits per heavy atom. The van der Waals surface area contributed by atoms with Gasteiger partial charge in [0.15, 0.2) is 0 Å². The lowest BCUT2D eigenvalue weighted by atomic mass is 9.86. The van der Waals surface area contributed by atoms with Crippen LogP contribution in [-0.4, -0.2) is 87.0 Å². The molecule has 0 spiro atoms. The highest BCUT2D eigenvalue weighted by Gasteiger charge is 2.30. The van der Waals surface area contributed by atoms with Crippen LogP contribution < -0.4 is 5.32 Å². The summed E-state index contributed by atoms with van der Waals surface area (Å²) in [7, 11) is 2.84. The van der Waals surface area contributed by atoms with Gasteiger partial charge in [-0.3, -0.25) is 4.79 Å². The predicted octanol–water partition coefficient (Wildman–Crippen LogP) is 2.39. The zero-order valence-electron chi connectivity index (χ0n) is 18.8. The zero-order valence-corrected chi connectivity index (χ0v) is 18.8. The molecule has 2 aliphatic heterocycles. The van der Waals surface area contributed by atoms with E-state index in [9.17, 15) is 14.4 Å². The third kappa shape index (κ3) is 6.72. The van der Waals surface area contributed by atoms with Gasteiger partial charge in [0, 0.05) is 38.8 Å². The van der Waals surface area contributed by atoms with E-state index in [-0.39, 0.29) is 36.2 Å². The summed E-state index contributed by atoms with van der Waals surface area (Å²) in [5.74, 6) is 0.307. The topological polar surface area (TPSA) is 97.4 Å². The Labute approximate surface area is 184 Å². The van der Waals surface area contributed by atoms with Crippen LogP contribution in [0.3, 0.4) is 0 Å². The van der Waals surface area contributed by atoms with Crippen molar-refractivity contribution < 1.29 is 28.6 Å². The van der Waals surface area contributed by atoms with Gasteiger partial charge in [0.2, 0.25) is 0 Å². The second-order valence-corrected chi connectivity index (χ2v) is 8.94. The van der Waals surface area contributed by atoms with Crippen molar-refractivity contribution in [3.8, 4) is 0 Å². The zero-order chi connectivity index (χ0) is 22.2. The number of nitrogens with zero attached hydrogens (tertiary/aromatic N) is 2. The number of ether oxygens (including phenoxy) is 3. The van der Waals surface area contributed by atoms with Crippen molar-refractivity contribution >= 4 is 18.1 Å². The fraction of sp³-hybridized carbons (Fsp3) is 0.864. The molecule has 0 aromatic rings. The standard InChI is InChI=1S/C22H37N3O6/c1-29-20(26)17-3-5-18(6-4-17)23-21(27)24-13-9-19(10-14-24)31-15-16-7-11-25(12-8-16)22(28)30-2/h16-19H,3-15H2,1-2H3,(H,23,27). The number of likely N-dealkylation sites (tertiary alicyclic amines) is 2. The molecule has 0 aromatic heterocycles. The first-order valence-corrected chi connectivity index (χ1v) is 11.6. The summed E-state index contributed by atoms with van der Waals surface area (Å²) in [5.41, 5.74) is 0. The van der Waals surface area contributed by atoms with Crippen LogP contribution in [0.5, 0.6) is 0 Å². The Bertz CT molecular complexity index is 606. The van der Waals surface area contributed by atoms with E-state index < -0.39 is 0 Å². The maximum Gasteiger partial charge on any atom is 0.409 e. The van der Waals surface area contributed by atoms with Crippen LogP contribution in [0.1, 0.15) is 51.4 Å². The molecule has 3 rings (SSSR count). The second-order valence-electron chi connectivity index (χ2n) is 8.94. The molecular formula is C22H37N3O6. The average molecular weight is 440 g/mol. The summed E-state index contributed by atoms with van der Waals surface area (Å²) in [5, 5.41) is 3.13. The third-order valence-electron chi connectivity index (χ3n) is 6.93. The van der Waals surface area contributed by atoms with Gasteiger partial charge < -0.3 is 29.3 Å². The van der Waals surface area contributed by atoms with E-state index in [0.29, 0.717) is 19.0 Å². The number of rotatable bonds is 5. The van der Waals surface area contributed by atoms with Gasteiger partial charge in [-0.2, -0.15) is 0 Å². The molecule has 1 N–H and O–H groups in total. The SMILES string of the molecule is COC(=O)C1CCC(NC(=O)N2CCC(OCC3CCN(C(=O)OC)CC3)CC2)CC1. The van der Waals surface area contributed by atoms with Crippen LogP contribution >= 0.6 is 0 Å². The minimum Gasteiger partial charge on any atom is -0.469 e. The summed E-state index contributed by atoms with van der Waals surface area (Å²) in [6.07, 6.45) is 6.70. The highest BCUT2D eigenvalue weighted by molar-refractivity contribution is 5.75. The highest BCUT2D eigenvalue weighted by atomic mass is 16.5. The molecule has 1 saturated carbocycles. The van der Waals surface area contributed by atoms with Gasteiger partial charge in [-0.05, 0) is 57.3 Å². The Morgan fingerprint density at radius 3 is 2.00 bits per heavy atom. The fourth-order valence-corrected chi connectivity index (χ4v) is 4.82. The van der Waals surface area contributed by atoms with Crippen LogP contribution in [0, 0.1) is 11.8 Å². The van der Waals surface area contributed by atoms with Gasteiger partial charge in [0.1, 0.15) is 0 Å². The molecule has 0 bridgehead atoms. The number of esters is 1. The summed E-state index contributed by atoms with van der Waals surface area (Å²) >= 11 is 0. The lowest BCUT2D eigenvalue weighted by molar-refractivity contribution is -0.146. The number of hydrogen-bond donors (Lipinski definition) is 1. The Morgan fingerprint density at radius 1 is 0.806 bits per heavy atom. The Hall–Kier alpha value is -2.03. The van der Waals surface area contributed by atoms with Gasteiger partial charge in [-0.1, -0.05) is 0 Å². The van der Waals surface area contributed by atoms with Crippen molar-refractivity contribution in [3.05, 3.63) is 0 Å². The number of piperidine rings is 2. The van der Waals surface area contributed by atoms with E-state index in [2.05, 4.69) is 5.32 Å². The molecule has 0 atom stereocenters. The van der Waals surface area contributed by atoms with E-state index in [1.54, 1.807) is 4.90 Å². The average Bonchev–Trinajstić information content (AvgIpc) is 2.82. The molecule has 31 heavy (non-hydrogen) atoms. The number of carbonyl (C=O) groups is 3. The summed E-state index contributed by atoms with van der Waals surface area (Å²) in [6, 6.07) is 0.133. The van der Waals surface area contributed by atoms with Gasteiger partial charge in [-0.25, -0.2) is 9.59 Å². The highest BCUT2D eigenvalue weighted by Crippen LogP contribution is 2.26. The maximum atomic E-state index is 12.6. The lowest BCUT2D eigenvalue weighted by Gasteiger charge is -2.35. The molecular weight excluding hydrogens is 402 g/mol. The number of methoxy groups -OCH3 is 2. The number of amides is 3. The molecule has 2 saturated heterocycles. The first-order valence-electron chi connectivity index (χ1n) is 11.6. The molecule has 0 radical (unpaired) electrons. The quantitative estimate of drug-likeness (QED) is 0.661. The Balaban J connectivity index is 1.29. The number of carbonyl (C=O) groups excluding carboxylic acids is 3. The van der Waals surface area contributed by atoms with E-state index >= 15 is 0 Å². The monoisotopic (exact) mass is 439 g/mol. The molecule has 3 fully saturated rings. The van der Waals surface area contributed by atoms with Gasteiger partial charge in [0.25, 0.3) is 0 Å². The molecule has 9 nitrogen and oxygen atoms in total. The van der Waals surface area contributed by atoms with Crippen molar-refractivity contribution in [2.24, 2.45) is 11.8 Å². The van der Waals surface area contributed by atoms with Crippen LogP contribution in [0.25, 0.3) is 0 Å². The number of urea groups is 1. The molecule has 2 heterocycles. The largest absolute Gasteiger partial charge is 0.469 e. The first-order chi connectivity index (χ1) is 15.0. The van der Waals surface area contributed by atoms with Crippen molar-refractivity contribution in [1.29, 1.82) is 0 Å². The molecule has 9 heteroatoms. The van der Waals surface area contributed by atoms with E-state index in [1.807, 2.05) is 4.90 Å². The van der Waals surface area contributed by atoms with Gasteiger partial charge >= 0.3 is 18.1 Å². The van der Waals surface area contributed by atoms with E-state index in [1.165, 1.54) is 14.2 Å². The fourth-order valence-electron chi connectivity index (χ4n) is 4.82. The Kier molecular flexibility index (Phi) is 8.80. The molecule has 3 aliphatic rings. The lowest BCUT2D eigenvalue weighted by Crippen LogP contribution is -2.50. The van der Waals surface area contributed by atoms with Crippen molar-refractivity contribution in [2.75, 3.05) is 47.0 Å². The summed E-state index contributed by atoms with van der Waals surface area (Å²) < 4.78 is 15.7. The van der Waals surface area contributed by atoms with E-state index in [4.69, 9.17) is 14.2 Å². The molecule has 0 unspecified atom stereocenters. The third-order valence-corrected chi connectivity index (χ3v) is 6.93. The smallest absolute Gasteiger partial charge is 0.409 e. The molecule has 176 valence electrons. The minimum absolute atomic E-state index is 0.00449. The van der Waals surface area contributed by atoms with Crippen LogP contribution in [0.2, 0.25) is 0 Å². The summed E-state index contributed by atoms with van der Waals surface area (Å²) in [4.78, 5) is 39.4. The van der Waals surface area contributed by atoms with Gasteiger partial charge in [-0.15, -0.1) is 0 Å². The minimum atomic E-state index is -0.249. The van der Waals surface area contributed by atoms with Gasteiger partial charge in [0.05, 0.1) is 26.2 Å². The molecule has 1 aliphatic carbocycles. The maximum absolute atomic E-state index is 12.6. The summed E-state index contributed by atoms with van der Waals surface area (Å²) in [6.45, 7) is 3.57. The van der Waals surface area contributed by atoms with Crippen molar-refractivity contribution in [3.63, 3.8) is 0 Å². The number of nitrogens with one attached hydrogen (secondary N) is 1. The van der Waals surface area contributed by atoms with Crippen molar-refractivity contribution in [2.45, 2.75) is 63.5 Å².